The summed E-state index contributed by atoms with van der Waals surface area (Å²) in [5.41, 5.74) is 15.6. The summed E-state index contributed by atoms with van der Waals surface area (Å²) in [6.07, 6.45) is 0. The second kappa shape index (κ2) is 14.7. The Kier molecular flexibility index (Phi) is 8.79. The SMILES string of the molecule is c1ccc(-c2ccccc2-c2ccc(N(c3ccc(-c4ccccc4-c4ccccc4)cc3)c3cccc4c3sc3c(-c5ccccc5)cccc34)cc2)cc1. The minimum absolute atomic E-state index is 1.11. The number of nitrogens with zero attached hydrogens (tertiary/aromatic N) is 1. The van der Waals surface area contributed by atoms with E-state index in [2.05, 4.69) is 229 Å². The summed E-state index contributed by atoms with van der Waals surface area (Å²) in [5, 5.41) is 2.56. The van der Waals surface area contributed by atoms with Crippen LogP contribution in [0.1, 0.15) is 0 Å². The summed E-state index contributed by atoms with van der Waals surface area (Å²) >= 11 is 1.88. The van der Waals surface area contributed by atoms with Crippen molar-refractivity contribution in [2.24, 2.45) is 0 Å². The van der Waals surface area contributed by atoms with Crippen molar-refractivity contribution in [3.05, 3.63) is 224 Å². The standard InChI is InChI=1S/C54H37NS/c1-4-16-38(17-5-1)45-22-10-12-24-47(45)41-30-34-43(35-31-41)55(44-36-32-42(33-37-44)48-25-13-11-23-46(48)39-18-6-2-7-19-39)52-29-15-28-51-50-27-14-26-49(53(50)56-54(51)52)40-20-8-3-9-21-40/h1-37H. The highest BCUT2D eigenvalue weighted by molar-refractivity contribution is 7.27. The molecular weight excluding hydrogens is 695 g/mol. The van der Waals surface area contributed by atoms with Crippen LogP contribution in [-0.4, -0.2) is 0 Å². The lowest BCUT2D eigenvalue weighted by Gasteiger charge is -2.26. The second-order valence-electron chi connectivity index (χ2n) is 14.1. The molecule has 0 aliphatic heterocycles. The van der Waals surface area contributed by atoms with E-state index in [4.69, 9.17) is 0 Å². The molecule has 0 N–H and O–H groups in total. The van der Waals surface area contributed by atoms with E-state index in [1.54, 1.807) is 0 Å². The second-order valence-corrected chi connectivity index (χ2v) is 15.1. The molecule has 0 atom stereocenters. The molecule has 1 nitrogen and oxygen atoms in total. The third kappa shape index (κ3) is 6.17. The number of benzene rings is 9. The number of rotatable bonds is 8. The van der Waals surface area contributed by atoms with Gasteiger partial charge < -0.3 is 4.90 Å². The first kappa shape index (κ1) is 33.6. The molecule has 2 heteroatoms. The Morgan fingerprint density at radius 3 is 1.04 bits per heavy atom. The zero-order valence-electron chi connectivity index (χ0n) is 30.7. The van der Waals surface area contributed by atoms with Gasteiger partial charge in [-0.15, -0.1) is 11.3 Å². The molecule has 9 aromatic carbocycles. The normalized spacial score (nSPS) is 11.2. The van der Waals surface area contributed by atoms with Crippen LogP contribution < -0.4 is 4.90 Å². The Labute approximate surface area is 332 Å². The third-order valence-electron chi connectivity index (χ3n) is 10.7. The summed E-state index contributed by atoms with van der Waals surface area (Å²) in [5.74, 6) is 0. The molecule has 0 spiro atoms. The van der Waals surface area contributed by atoms with Crippen molar-refractivity contribution in [1.82, 2.24) is 0 Å². The molecular formula is C54H37NS. The average Bonchev–Trinajstić information content (AvgIpc) is 3.68. The third-order valence-corrected chi connectivity index (χ3v) is 12.0. The van der Waals surface area contributed by atoms with Gasteiger partial charge in [-0.25, -0.2) is 0 Å². The molecule has 0 aliphatic rings. The van der Waals surface area contributed by atoms with E-state index in [9.17, 15) is 0 Å². The Bertz CT molecular complexity index is 2800. The van der Waals surface area contributed by atoms with Crippen LogP contribution in [0.2, 0.25) is 0 Å². The number of thiophene rings is 1. The van der Waals surface area contributed by atoms with Gasteiger partial charge in [0.2, 0.25) is 0 Å². The van der Waals surface area contributed by atoms with Crippen LogP contribution >= 0.6 is 11.3 Å². The minimum atomic E-state index is 1.11. The van der Waals surface area contributed by atoms with Gasteiger partial charge in [-0.3, -0.25) is 0 Å². The predicted molar refractivity (Wildman–Crippen MR) is 241 cm³/mol. The van der Waals surface area contributed by atoms with Gasteiger partial charge in [0.15, 0.2) is 0 Å². The van der Waals surface area contributed by atoms with Gasteiger partial charge in [0.25, 0.3) is 0 Å². The van der Waals surface area contributed by atoms with Crippen molar-refractivity contribution in [3.63, 3.8) is 0 Å². The van der Waals surface area contributed by atoms with Crippen LogP contribution in [0.3, 0.4) is 0 Å². The lowest BCUT2D eigenvalue weighted by Crippen LogP contribution is -2.10. The summed E-state index contributed by atoms with van der Waals surface area (Å²) < 4.78 is 2.57. The first-order valence-electron chi connectivity index (χ1n) is 19.1. The van der Waals surface area contributed by atoms with Gasteiger partial charge in [-0.1, -0.05) is 194 Å². The van der Waals surface area contributed by atoms with Crippen LogP contribution in [0.4, 0.5) is 17.1 Å². The van der Waals surface area contributed by atoms with E-state index in [1.165, 1.54) is 75.8 Å². The maximum atomic E-state index is 2.43. The van der Waals surface area contributed by atoms with E-state index in [-0.39, 0.29) is 0 Å². The maximum absolute atomic E-state index is 2.43. The van der Waals surface area contributed by atoms with Crippen LogP contribution in [0.15, 0.2) is 224 Å². The lowest BCUT2D eigenvalue weighted by atomic mass is 9.94. The molecule has 10 rings (SSSR count). The monoisotopic (exact) mass is 731 g/mol. The van der Waals surface area contributed by atoms with Crippen molar-refractivity contribution < 1.29 is 0 Å². The largest absolute Gasteiger partial charge is 0.309 e. The molecule has 0 fully saturated rings. The Morgan fingerprint density at radius 1 is 0.250 bits per heavy atom. The molecule has 0 radical (unpaired) electrons. The first-order chi connectivity index (χ1) is 27.8. The summed E-state index contributed by atoms with van der Waals surface area (Å²) in [6, 6.07) is 81.1. The van der Waals surface area contributed by atoms with Gasteiger partial charge >= 0.3 is 0 Å². The van der Waals surface area contributed by atoms with E-state index in [1.807, 2.05) is 11.3 Å². The quantitative estimate of drug-likeness (QED) is 0.150. The van der Waals surface area contributed by atoms with Gasteiger partial charge in [-0.05, 0) is 86.0 Å². The van der Waals surface area contributed by atoms with Crippen molar-refractivity contribution in [1.29, 1.82) is 0 Å². The van der Waals surface area contributed by atoms with Crippen LogP contribution in [0.5, 0.6) is 0 Å². The van der Waals surface area contributed by atoms with E-state index in [0.717, 1.165) is 17.1 Å². The van der Waals surface area contributed by atoms with E-state index < -0.39 is 0 Å². The van der Waals surface area contributed by atoms with Crippen LogP contribution in [0.25, 0.3) is 75.8 Å². The Balaban J connectivity index is 1.12. The first-order valence-corrected chi connectivity index (χ1v) is 19.9. The fourth-order valence-corrected chi connectivity index (χ4v) is 9.38. The van der Waals surface area contributed by atoms with E-state index in [0.29, 0.717) is 0 Å². The molecule has 0 amide bonds. The summed E-state index contributed by atoms with van der Waals surface area (Å²) in [6.45, 7) is 0. The molecule has 0 unspecified atom stereocenters. The van der Waals surface area contributed by atoms with Crippen molar-refractivity contribution in [2.75, 3.05) is 4.90 Å². The molecule has 0 bridgehead atoms. The molecule has 0 aliphatic carbocycles. The Morgan fingerprint density at radius 2 is 0.589 bits per heavy atom. The van der Waals surface area contributed by atoms with Crippen molar-refractivity contribution >= 4 is 48.6 Å². The van der Waals surface area contributed by atoms with Crippen molar-refractivity contribution in [2.45, 2.75) is 0 Å². The van der Waals surface area contributed by atoms with Gasteiger partial charge in [0.1, 0.15) is 0 Å². The molecule has 264 valence electrons. The molecule has 56 heavy (non-hydrogen) atoms. The molecule has 1 heterocycles. The topological polar surface area (TPSA) is 3.24 Å². The van der Waals surface area contributed by atoms with E-state index >= 15 is 0 Å². The van der Waals surface area contributed by atoms with Gasteiger partial charge in [-0.2, -0.15) is 0 Å². The van der Waals surface area contributed by atoms with Gasteiger partial charge in [0.05, 0.1) is 10.4 Å². The lowest BCUT2D eigenvalue weighted by molar-refractivity contribution is 1.30. The smallest absolute Gasteiger partial charge is 0.0640 e. The fourth-order valence-electron chi connectivity index (χ4n) is 8.04. The number of anilines is 3. The highest BCUT2D eigenvalue weighted by Gasteiger charge is 2.20. The molecule has 1 aromatic heterocycles. The highest BCUT2D eigenvalue weighted by atomic mass is 32.1. The van der Waals surface area contributed by atoms with Crippen LogP contribution in [-0.2, 0) is 0 Å². The zero-order valence-corrected chi connectivity index (χ0v) is 31.5. The number of hydrogen-bond donors (Lipinski definition) is 0. The minimum Gasteiger partial charge on any atom is -0.309 e. The Hall–Kier alpha value is -7.00. The maximum Gasteiger partial charge on any atom is 0.0640 e. The van der Waals surface area contributed by atoms with Crippen LogP contribution in [0, 0.1) is 0 Å². The zero-order chi connectivity index (χ0) is 37.3. The average molecular weight is 732 g/mol. The molecule has 0 saturated carbocycles. The fraction of sp³-hybridized carbons (Fsp3) is 0. The molecule has 10 aromatic rings. The number of hydrogen-bond acceptors (Lipinski definition) is 2. The molecule has 0 saturated heterocycles. The summed E-state index contributed by atoms with van der Waals surface area (Å²) in [4.78, 5) is 2.43. The highest BCUT2D eigenvalue weighted by Crippen LogP contribution is 2.47. The number of fused-ring (bicyclic) bond motifs is 3. The van der Waals surface area contributed by atoms with Gasteiger partial charge in [0, 0.05) is 26.8 Å². The van der Waals surface area contributed by atoms with Crippen molar-refractivity contribution in [3.8, 4) is 55.6 Å². The predicted octanol–water partition coefficient (Wildman–Crippen LogP) is 15.9. The summed E-state index contributed by atoms with van der Waals surface area (Å²) in [7, 11) is 0.